The van der Waals surface area contributed by atoms with Crippen molar-refractivity contribution in [2.45, 2.75) is 33.6 Å². The Labute approximate surface area is 198 Å². The third kappa shape index (κ3) is 4.33. The van der Waals surface area contributed by atoms with Gasteiger partial charge in [-0.25, -0.2) is 4.98 Å². The Morgan fingerprint density at radius 3 is 2.62 bits per heavy atom. The third-order valence-corrected chi connectivity index (χ3v) is 7.45. The molecule has 2 aliphatic heterocycles. The van der Waals surface area contributed by atoms with E-state index in [0.29, 0.717) is 32.8 Å². The van der Waals surface area contributed by atoms with E-state index >= 15 is 0 Å². The Morgan fingerprint density at radius 2 is 1.94 bits per heavy atom. The lowest BCUT2D eigenvalue weighted by Gasteiger charge is -2.35. The minimum Gasteiger partial charge on any atom is -0.353 e. The number of carbonyl (C=O) groups is 1. The molecular formula is C23H29N5O2S2. The zero-order valence-electron chi connectivity index (χ0n) is 18.8. The van der Waals surface area contributed by atoms with Crippen molar-refractivity contribution in [2.75, 3.05) is 44.2 Å². The van der Waals surface area contributed by atoms with Gasteiger partial charge in [0.1, 0.15) is 15.8 Å². The van der Waals surface area contributed by atoms with E-state index in [2.05, 4.69) is 23.6 Å². The van der Waals surface area contributed by atoms with Crippen molar-refractivity contribution in [1.82, 2.24) is 19.2 Å². The molecule has 4 heterocycles. The number of piperazine rings is 1. The number of rotatable bonds is 6. The predicted molar refractivity (Wildman–Crippen MR) is 135 cm³/mol. The van der Waals surface area contributed by atoms with Crippen molar-refractivity contribution < 1.29 is 4.79 Å². The van der Waals surface area contributed by atoms with Gasteiger partial charge in [0.15, 0.2) is 0 Å². The second-order valence-corrected chi connectivity index (χ2v) is 9.82. The van der Waals surface area contributed by atoms with Gasteiger partial charge in [-0.1, -0.05) is 50.3 Å². The van der Waals surface area contributed by atoms with Crippen molar-refractivity contribution in [3.63, 3.8) is 0 Å². The number of likely N-dealkylation sites (N-methyl/N-ethyl adjacent to an activating group) is 1. The minimum atomic E-state index is -0.162. The average molecular weight is 472 g/mol. The van der Waals surface area contributed by atoms with Gasteiger partial charge in [0, 0.05) is 38.9 Å². The molecule has 2 fully saturated rings. The number of thioether (sulfide) groups is 1. The van der Waals surface area contributed by atoms with Crippen LogP contribution in [0.25, 0.3) is 11.7 Å². The fourth-order valence-corrected chi connectivity index (χ4v) is 5.37. The molecule has 0 radical (unpaired) electrons. The molecule has 170 valence electrons. The maximum atomic E-state index is 13.6. The number of pyridine rings is 1. The van der Waals surface area contributed by atoms with Gasteiger partial charge in [-0.3, -0.25) is 18.9 Å². The van der Waals surface area contributed by atoms with E-state index in [-0.39, 0.29) is 11.5 Å². The molecule has 0 atom stereocenters. The second-order valence-electron chi connectivity index (χ2n) is 8.15. The van der Waals surface area contributed by atoms with Crippen LogP contribution >= 0.6 is 24.0 Å². The number of thiocarbonyl (C=S) groups is 1. The van der Waals surface area contributed by atoms with Crippen LogP contribution in [-0.4, -0.2) is 68.7 Å². The van der Waals surface area contributed by atoms with Crippen molar-refractivity contribution in [3.8, 4) is 0 Å². The number of hydrogen-bond acceptors (Lipinski definition) is 7. The molecule has 0 N–H and O–H groups in total. The number of nitrogens with zero attached hydrogens (tertiary/aromatic N) is 5. The van der Waals surface area contributed by atoms with Gasteiger partial charge in [-0.15, -0.1) is 0 Å². The number of anilines is 1. The predicted octanol–water partition coefficient (Wildman–Crippen LogP) is 3.15. The lowest BCUT2D eigenvalue weighted by molar-refractivity contribution is -0.122. The van der Waals surface area contributed by atoms with Crippen molar-refractivity contribution >= 4 is 51.7 Å². The molecule has 0 unspecified atom stereocenters. The summed E-state index contributed by atoms with van der Waals surface area (Å²) in [5.74, 6) is 0.530. The molecular weight excluding hydrogens is 442 g/mol. The van der Waals surface area contributed by atoms with Crippen molar-refractivity contribution in [2.24, 2.45) is 0 Å². The molecule has 0 aromatic carbocycles. The van der Waals surface area contributed by atoms with Crippen molar-refractivity contribution in [1.29, 1.82) is 0 Å². The highest BCUT2D eigenvalue weighted by molar-refractivity contribution is 8.26. The number of aromatic nitrogens is 2. The second kappa shape index (κ2) is 9.72. The van der Waals surface area contributed by atoms with Gasteiger partial charge in [0.2, 0.25) is 0 Å². The summed E-state index contributed by atoms with van der Waals surface area (Å²) < 4.78 is 2.13. The van der Waals surface area contributed by atoms with Gasteiger partial charge in [-0.2, -0.15) is 0 Å². The quantitative estimate of drug-likeness (QED) is 0.474. The van der Waals surface area contributed by atoms with Crippen LogP contribution in [0.3, 0.4) is 0 Å². The van der Waals surface area contributed by atoms with E-state index in [9.17, 15) is 9.59 Å². The molecule has 2 aromatic heterocycles. The number of fused-ring (bicyclic) bond motifs is 1. The molecule has 9 heteroatoms. The summed E-state index contributed by atoms with van der Waals surface area (Å²) in [7, 11) is 0. The van der Waals surface area contributed by atoms with Crippen molar-refractivity contribution in [3.05, 3.63) is 44.7 Å². The number of hydrogen-bond donors (Lipinski definition) is 0. The maximum Gasteiger partial charge on any atom is 0.267 e. The topological polar surface area (TPSA) is 61.2 Å². The van der Waals surface area contributed by atoms with Crippen LogP contribution in [-0.2, 0) is 4.79 Å². The monoisotopic (exact) mass is 471 g/mol. The third-order valence-electron chi connectivity index (χ3n) is 6.07. The van der Waals surface area contributed by atoms with E-state index in [1.807, 2.05) is 19.1 Å². The number of amides is 1. The highest BCUT2D eigenvalue weighted by Gasteiger charge is 2.32. The van der Waals surface area contributed by atoms with E-state index in [1.54, 1.807) is 21.6 Å². The van der Waals surface area contributed by atoms with E-state index in [4.69, 9.17) is 17.2 Å². The standard InChI is InChI=1S/C23H29N5O2S2/c1-4-6-9-28-22(30)18(32-23(28)31)15-17-20(26-13-11-25(5-2)12-14-26)24-19-16(3)8-7-10-27(19)21(17)29/h7-8,10,15H,4-6,9,11-14H2,1-3H3. The van der Waals surface area contributed by atoms with Gasteiger partial charge in [-0.05, 0) is 37.6 Å². The van der Waals surface area contributed by atoms with Gasteiger partial charge in [0.25, 0.3) is 11.5 Å². The Bertz CT molecular complexity index is 1140. The first-order valence-electron chi connectivity index (χ1n) is 11.2. The number of carbonyl (C=O) groups excluding carboxylic acids is 1. The van der Waals surface area contributed by atoms with Crippen LogP contribution in [0.4, 0.5) is 5.82 Å². The molecule has 2 aliphatic rings. The zero-order valence-corrected chi connectivity index (χ0v) is 20.5. The summed E-state index contributed by atoms with van der Waals surface area (Å²) in [6, 6.07) is 3.80. The van der Waals surface area contributed by atoms with E-state index in [0.717, 1.165) is 51.1 Å². The van der Waals surface area contributed by atoms with Crippen LogP contribution in [0.2, 0.25) is 0 Å². The molecule has 0 aliphatic carbocycles. The normalized spacial score (nSPS) is 19.0. The van der Waals surface area contributed by atoms with Crippen LogP contribution < -0.4 is 10.5 Å². The molecule has 32 heavy (non-hydrogen) atoms. The highest BCUT2D eigenvalue weighted by atomic mass is 32.2. The minimum absolute atomic E-state index is 0.121. The fourth-order valence-electron chi connectivity index (χ4n) is 4.08. The Morgan fingerprint density at radius 1 is 1.19 bits per heavy atom. The Balaban J connectivity index is 1.80. The summed E-state index contributed by atoms with van der Waals surface area (Å²) in [5.41, 5.74) is 1.88. The largest absolute Gasteiger partial charge is 0.353 e. The molecule has 7 nitrogen and oxygen atoms in total. The first-order valence-corrected chi connectivity index (χ1v) is 12.4. The van der Waals surface area contributed by atoms with Gasteiger partial charge in [0.05, 0.1) is 10.5 Å². The molecule has 0 saturated carbocycles. The summed E-state index contributed by atoms with van der Waals surface area (Å²) in [4.78, 5) is 38.2. The molecule has 2 aromatic rings. The SMILES string of the molecule is CCCCN1C(=O)C(=Cc2c(N3CCN(CC)CC3)nc3c(C)cccn3c2=O)SC1=S. The maximum absolute atomic E-state index is 13.6. The Kier molecular flexibility index (Phi) is 6.97. The summed E-state index contributed by atoms with van der Waals surface area (Å²) >= 11 is 6.72. The molecule has 4 rings (SSSR count). The summed E-state index contributed by atoms with van der Waals surface area (Å²) in [6.07, 6.45) is 5.32. The molecule has 1 amide bonds. The molecule has 0 spiro atoms. The van der Waals surface area contributed by atoms with E-state index in [1.165, 1.54) is 11.8 Å². The van der Waals surface area contributed by atoms with Gasteiger partial charge < -0.3 is 9.80 Å². The Hall–Kier alpha value is -2.23. The lowest BCUT2D eigenvalue weighted by atomic mass is 10.2. The van der Waals surface area contributed by atoms with Crippen LogP contribution in [0.5, 0.6) is 0 Å². The summed E-state index contributed by atoms with van der Waals surface area (Å²) in [6.45, 7) is 11.2. The number of aryl methyl sites for hydroxylation is 1. The smallest absolute Gasteiger partial charge is 0.267 e. The first kappa shape index (κ1) is 22.9. The molecule has 2 saturated heterocycles. The number of unbranched alkanes of at least 4 members (excludes halogenated alkanes) is 1. The zero-order chi connectivity index (χ0) is 22.8. The summed E-state index contributed by atoms with van der Waals surface area (Å²) in [5, 5.41) is 0. The first-order chi connectivity index (χ1) is 15.4. The fraction of sp³-hybridized carbons (Fsp3) is 0.478. The van der Waals surface area contributed by atoms with E-state index < -0.39 is 0 Å². The van der Waals surface area contributed by atoms with Crippen LogP contribution in [0.15, 0.2) is 28.0 Å². The van der Waals surface area contributed by atoms with Crippen LogP contribution in [0.1, 0.15) is 37.8 Å². The average Bonchev–Trinajstić information content (AvgIpc) is 3.07. The van der Waals surface area contributed by atoms with Gasteiger partial charge >= 0.3 is 0 Å². The lowest BCUT2D eigenvalue weighted by Crippen LogP contribution is -2.47. The van der Waals surface area contributed by atoms with Crippen LogP contribution in [0, 0.1) is 6.92 Å². The highest BCUT2D eigenvalue weighted by Crippen LogP contribution is 2.34. The molecule has 0 bridgehead atoms.